The molecule has 0 saturated carbocycles. The van der Waals surface area contributed by atoms with Crippen LogP contribution in [-0.4, -0.2) is 47.3 Å². The molecule has 0 aliphatic carbocycles. The van der Waals surface area contributed by atoms with Crippen molar-refractivity contribution in [2.75, 3.05) is 30.4 Å². The largest absolute Gasteiger partial charge is 0.366 e. The van der Waals surface area contributed by atoms with Gasteiger partial charge in [0.25, 0.3) is 0 Å². The van der Waals surface area contributed by atoms with Crippen molar-refractivity contribution in [3.63, 3.8) is 0 Å². The maximum absolute atomic E-state index is 9.34. The fraction of sp³-hybridized carbons (Fsp3) is 0.375. The van der Waals surface area contributed by atoms with Crippen LogP contribution in [0.4, 0.5) is 11.5 Å². The SMILES string of the molecule is Cc1c(C#N)cccc1[C@@H](N)Nc1nnc(C)c2ccc(N3C[C@H]4C[C@@H]3CN4C)cc12. The average molecular weight is 414 g/mol. The molecule has 7 nitrogen and oxygen atoms in total. The number of nitrogens with two attached hydrogens (primary N) is 1. The monoisotopic (exact) mass is 413 g/mol. The summed E-state index contributed by atoms with van der Waals surface area (Å²) in [6.45, 7) is 6.07. The molecule has 2 aliphatic rings. The summed E-state index contributed by atoms with van der Waals surface area (Å²) in [5.74, 6) is 0.665. The van der Waals surface area contributed by atoms with Crippen molar-refractivity contribution in [3.8, 4) is 6.07 Å². The zero-order chi connectivity index (χ0) is 21.7. The first-order chi connectivity index (χ1) is 15.0. The summed E-state index contributed by atoms with van der Waals surface area (Å²) in [7, 11) is 2.22. The second-order valence-corrected chi connectivity index (χ2v) is 8.75. The highest BCUT2D eigenvalue weighted by molar-refractivity contribution is 5.95. The summed E-state index contributed by atoms with van der Waals surface area (Å²) in [5.41, 5.74) is 11.0. The smallest absolute Gasteiger partial charge is 0.158 e. The fourth-order valence-corrected chi connectivity index (χ4v) is 5.08. The van der Waals surface area contributed by atoms with Gasteiger partial charge in [-0.25, -0.2) is 0 Å². The Morgan fingerprint density at radius 3 is 2.68 bits per heavy atom. The van der Waals surface area contributed by atoms with E-state index in [-0.39, 0.29) is 0 Å². The molecule has 0 amide bonds. The molecule has 2 aliphatic heterocycles. The third-order valence-electron chi connectivity index (χ3n) is 6.92. The Morgan fingerprint density at radius 2 is 1.97 bits per heavy atom. The zero-order valence-electron chi connectivity index (χ0n) is 18.1. The van der Waals surface area contributed by atoms with Crippen molar-refractivity contribution in [2.24, 2.45) is 5.73 Å². The van der Waals surface area contributed by atoms with Crippen molar-refractivity contribution < 1.29 is 0 Å². The second kappa shape index (κ2) is 7.49. The van der Waals surface area contributed by atoms with E-state index in [1.54, 1.807) is 6.07 Å². The molecule has 2 bridgehead atoms. The minimum atomic E-state index is -0.492. The number of aryl methyl sites for hydroxylation is 1. The van der Waals surface area contributed by atoms with Crippen molar-refractivity contribution in [1.29, 1.82) is 5.26 Å². The van der Waals surface area contributed by atoms with Crippen molar-refractivity contribution in [3.05, 3.63) is 58.8 Å². The van der Waals surface area contributed by atoms with E-state index in [0.717, 1.165) is 40.7 Å². The molecular formula is C24H27N7. The average Bonchev–Trinajstić information content (AvgIpc) is 3.35. The first-order valence-corrected chi connectivity index (χ1v) is 10.7. The molecule has 0 radical (unpaired) electrons. The van der Waals surface area contributed by atoms with Gasteiger partial charge in [-0.15, -0.1) is 5.10 Å². The number of likely N-dealkylation sites (N-methyl/N-ethyl adjacent to an activating group) is 1. The number of nitrogens with one attached hydrogen (secondary N) is 1. The fourth-order valence-electron chi connectivity index (χ4n) is 5.08. The minimum Gasteiger partial charge on any atom is -0.366 e. The molecule has 5 rings (SSSR count). The Hall–Kier alpha value is -3.21. The topological polar surface area (TPSA) is 94.1 Å². The van der Waals surface area contributed by atoms with E-state index in [1.165, 1.54) is 12.1 Å². The predicted octanol–water partition coefficient (Wildman–Crippen LogP) is 3.08. The number of fused-ring (bicyclic) bond motifs is 3. The summed E-state index contributed by atoms with van der Waals surface area (Å²) < 4.78 is 0. The van der Waals surface area contributed by atoms with Crippen LogP contribution in [0.2, 0.25) is 0 Å². The standard InChI is InChI=1S/C24H27N7/c1-14-16(11-25)5-4-6-20(14)23(26)27-24-22-10-17(7-8-21(22)15(2)28-29-24)31-13-18-9-19(31)12-30(18)3/h4-8,10,18-19,23H,9,12-13,26H2,1-3H3,(H,27,29)/t18-,19-,23+/m1/s1. The number of aromatic nitrogens is 2. The molecule has 2 fully saturated rings. The molecule has 3 N–H and O–H groups in total. The van der Waals surface area contributed by atoms with Gasteiger partial charge in [-0.3, -0.25) is 4.90 Å². The molecule has 31 heavy (non-hydrogen) atoms. The summed E-state index contributed by atoms with van der Waals surface area (Å²) in [6.07, 6.45) is 0.737. The predicted molar refractivity (Wildman–Crippen MR) is 123 cm³/mol. The number of benzene rings is 2. The van der Waals surface area contributed by atoms with E-state index in [4.69, 9.17) is 5.73 Å². The van der Waals surface area contributed by atoms with Gasteiger partial charge < -0.3 is 16.0 Å². The molecule has 7 heteroatoms. The lowest BCUT2D eigenvalue weighted by Gasteiger charge is -2.33. The third kappa shape index (κ3) is 3.29. The normalized spacial score (nSPS) is 21.5. The Morgan fingerprint density at radius 1 is 1.13 bits per heavy atom. The number of nitriles is 1. The lowest BCUT2D eigenvalue weighted by molar-refractivity contribution is 0.292. The van der Waals surface area contributed by atoms with Gasteiger partial charge in [0.1, 0.15) is 6.17 Å². The quantitative estimate of drug-likeness (QED) is 0.635. The maximum atomic E-state index is 9.34. The van der Waals surface area contributed by atoms with Crippen LogP contribution in [0.25, 0.3) is 10.8 Å². The Bertz CT molecular complexity index is 1200. The number of hydrogen-bond donors (Lipinski definition) is 2. The molecule has 2 saturated heterocycles. The van der Waals surface area contributed by atoms with Gasteiger partial charge in [-0.2, -0.15) is 10.4 Å². The van der Waals surface area contributed by atoms with Crippen LogP contribution < -0.4 is 16.0 Å². The third-order valence-corrected chi connectivity index (χ3v) is 6.92. The van der Waals surface area contributed by atoms with Gasteiger partial charge in [0.2, 0.25) is 0 Å². The maximum Gasteiger partial charge on any atom is 0.158 e. The van der Waals surface area contributed by atoms with Crippen LogP contribution in [0.15, 0.2) is 36.4 Å². The van der Waals surface area contributed by atoms with E-state index in [0.29, 0.717) is 23.5 Å². The lowest BCUT2D eigenvalue weighted by Crippen LogP contribution is -2.44. The highest BCUT2D eigenvalue weighted by atomic mass is 15.3. The Labute approximate surface area is 182 Å². The molecular weight excluding hydrogens is 386 g/mol. The van der Waals surface area contributed by atoms with E-state index in [2.05, 4.69) is 56.6 Å². The van der Waals surface area contributed by atoms with Crippen LogP contribution in [0.5, 0.6) is 0 Å². The highest BCUT2D eigenvalue weighted by Gasteiger charge is 2.41. The molecule has 0 spiro atoms. The van der Waals surface area contributed by atoms with Gasteiger partial charge in [0.15, 0.2) is 5.82 Å². The van der Waals surface area contributed by atoms with Gasteiger partial charge >= 0.3 is 0 Å². The molecule has 3 atom stereocenters. The summed E-state index contributed by atoms with van der Waals surface area (Å²) in [6, 6.07) is 15.6. The molecule has 158 valence electrons. The first kappa shape index (κ1) is 19.7. The van der Waals surface area contributed by atoms with Crippen molar-refractivity contribution in [2.45, 2.75) is 38.5 Å². The highest BCUT2D eigenvalue weighted by Crippen LogP contribution is 2.36. The van der Waals surface area contributed by atoms with Crippen molar-refractivity contribution >= 4 is 22.3 Å². The summed E-state index contributed by atoms with van der Waals surface area (Å²) >= 11 is 0. The molecule has 3 aromatic rings. The summed E-state index contributed by atoms with van der Waals surface area (Å²) in [4.78, 5) is 4.98. The number of likely N-dealkylation sites (tertiary alicyclic amines) is 1. The zero-order valence-corrected chi connectivity index (χ0v) is 18.1. The van der Waals surface area contributed by atoms with E-state index in [1.807, 2.05) is 26.0 Å². The van der Waals surface area contributed by atoms with Crippen LogP contribution in [-0.2, 0) is 0 Å². The van der Waals surface area contributed by atoms with Crippen LogP contribution >= 0.6 is 0 Å². The molecule has 1 aromatic heterocycles. The first-order valence-electron chi connectivity index (χ1n) is 10.7. The number of nitrogens with zero attached hydrogens (tertiary/aromatic N) is 5. The molecule has 3 heterocycles. The van der Waals surface area contributed by atoms with Crippen LogP contribution in [0.3, 0.4) is 0 Å². The Balaban J connectivity index is 1.50. The number of piperazine rings is 1. The van der Waals surface area contributed by atoms with Crippen LogP contribution in [0, 0.1) is 25.2 Å². The van der Waals surface area contributed by atoms with E-state index < -0.39 is 6.17 Å². The van der Waals surface area contributed by atoms with E-state index >= 15 is 0 Å². The Kier molecular flexibility index (Phi) is 4.77. The van der Waals surface area contributed by atoms with E-state index in [9.17, 15) is 5.26 Å². The van der Waals surface area contributed by atoms with Gasteiger partial charge in [0, 0.05) is 41.6 Å². The number of anilines is 2. The minimum absolute atomic E-state index is 0.492. The number of rotatable bonds is 4. The molecule has 0 unspecified atom stereocenters. The van der Waals surface area contributed by atoms with Gasteiger partial charge in [-0.05, 0) is 56.6 Å². The summed E-state index contributed by atoms with van der Waals surface area (Å²) in [5, 5.41) is 23.6. The van der Waals surface area contributed by atoms with Crippen LogP contribution in [0.1, 0.15) is 35.0 Å². The molecule has 2 aromatic carbocycles. The van der Waals surface area contributed by atoms with Gasteiger partial charge in [0.05, 0.1) is 17.3 Å². The number of hydrogen-bond acceptors (Lipinski definition) is 7. The second-order valence-electron chi connectivity index (χ2n) is 8.75. The van der Waals surface area contributed by atoms with Gasteiger partial charge in [-0.1, -0.05) is 18.2 Å². The lowest BCUT2D eigenvalue weighted by atomic mass is 10.0. The van der Waals surface area contributed by atoms with Crippen molar-refractivity contribution in [1.82, 2.24) is 15.1 Å².